The molecule has 3 heterocycles. The molecule has 13 heteroatoms. The monoisotopic (exact) mass is 554 g/mol. The first-order valence-electron chi connectivity index (χ1n) is 12.2. The van der Waals surface area contributed by atoms with Crippen LogP contribution in [0.25, 0.3) is 16.7 Å². The number of methoxy groups -OCH3 is 2. The first-order valence-corrected chi connectivity index (χ1v) is 12.2. The molecular formula is C28H26N8O5. The number of allylic oxidation sites excluding steroid dienone is 2. The number of carbonyl (C=O) groups excluding carboxylic acids is 1. The Morgan fingerprint density at radius 2 is 1.98 bits per heavy atom. The smallest absolute Gasteiger partial charge is 0.281 e. The molecule has 4 rings (SSSR count). The van der Waals surface area contributed by atoms with Gasteiger partial charge < -0.3 is 24.3 Å². The van der Waals surface area contributed by atoms with Crippen molar-refractivity contribution < 1.29 is 23.7 Å². The lowest BCUT2D eigenvalue weighted by Crippen LogP contribution is -2.23. The molecule has 1 amide bonds. The molecule has 0 fully saturated rings. The Morgan fingerprint density at radius 1 is 1.20 bits per heavy atom. The topological polar surface area (TPSA) is 159 Å². The molecule has 0 bridgehead atoms. The molecule has 0 aliphatic carbocycles. The van der Waals surface area contributed by atoms with Crippen LogP contribution >= 0.6 is 0 Å². The average Bonchev–Trinajstić information content (AvgIpc) is 3.42. The number of aromatic nitrogens is 5. The van der Waals surface area contributed by atoms with Gasteiger partial charge in [0.1, 0.15) is 23.4 Å². The summed E-state index contributed by atoms with van der Waals surface area (Å²) in [6, 6.07) is 7.16. The fraction of sp³-hybridized carbons (Fsp3) is 0.179. The Kier molecular flexibility index (Phi) is 8.85. The molecule has 208 valence electrons. The van der Waals surface area contributed by atoms with Crippen LogP contribution in [0, 0.1) is 11.3 Å². The van der Waals surface area contributed by atoms with Crippen molar-refractivity contribution in [1.82, 2.24) is 30.0 Å². The zero-order valence-corrected chi connectivity index (χ0v) is 22.8. The zero-order chi connectivity index (χ0) is 29.4. The maximum atomic E-state index is 13.0. The second kappa shape index (κ2) is 12.9. The highest BCUT2D eigenvalue weighted by molar-refractivity contribution is 5.96. The number of benzene rings is 1. The van der Waals surface area contributed by atoms with Crippen LogP contribution < -0.4 is 24.3 Å². The van der Waals surface area contributed by atoms with Crippen molar-refractivity contribution in [3.63, 3.8) is 0 Å². The summed E-state index contributed by atoms with van der Waals surface area (Å²) in [5.74, 6) is 1.86. The minimum absolute atomic E-state index is 0.0255. The second-order valence-electron chi connectivity index (χ2n) is 8.08. The number of hydrogen-bond acceptors (Lipinski definition) is 11. The molecule has 0 aliphatic heterocycles. The lowest BCUT2D eigenvalue weighted by Gasteiger charge is -2.12. The van der Waals surface area contributed by atoms with Crippen LogP contribution in [0.3, 0.4) is 0 Å². The summed E-state index contributed by atoms with van der Waals surface area (Å²) < 4.78 is 23.7. The van der Waals surface area contributed by atoms with Crippen molar-refractivity contribution in [2.45, 2.75) is 13.8 Å². The molecule has 0 spiro atoms. The van der Waals surface area contributed by atoms with Gasteiger partial charge in [-0.15, -0.1) is 0 Å². The van der Waals surface area contributed by atoms with Crippen LogP contribution in [0.2, 0.25) is 0 Å². The van der Waals surface area contributed by atoms with E-state index >= 15 is 0 Å². The summed E-state index contributed by atoms with van der Waals surface area (Å²) in [4.78, 5) is 29.7. The Morgan fingerprint density at radius 3 is 2.68 bits per heavy atom. The van der Waals surface area contributed by atoms with E-state index < -0.39 is 5.91 Å². The number of rotatable bonds is 11. The molecule has 13 nitrogen and oxygen atoms in total. The number of carbonyl (C=O) groups is 1. The van der Waals surface area contributed by atoms with Gasteiger partial charge in [-0.3, -0.25) is 14.8 Å². The van der Waals surface area contributed by atoms with Crippen molar-refractivity contribution in [2.24, 2.45) is 4.99 Å². The zero-order valence-electron chi connectivity index (χ0n) is 22.8. The largest absolute Gasteiger partial charge is 0.493 e. The molecule has 4 aromatic rings. The molecule has 0 radical (unpaired) electrons. The van der Waals surface area contributed by atoms with Gasteiger partial charge in [0, 0.05) is 17.6 Å². The van der Waals surface area contributed by atoms with Crippen molar-refractivity contribution in [3.05, 3.63) is 78.6 Å². The Labute approximate surface area is 235 Å². The highest BCUT2D eigenvalue weighted by atomic mass is 16.5. The van der Waals surface area contributed by atoms with Crippen molar-refractivity contribution in [3.8, 4) is 34.9 Å². The van der Waals surface area contributed by atoms with E-state index in [1.165, 1.54) is 29.5 Å². The predicted octanol–water partition coefficient (Wildman–Crippen LogP) is 3.75. The number of nitriles is 1. The van der Waals surface area contributed by atoms with Crippen LogP contribution in [0.5, 0.6) is 23.0 Å². The van der Waals surface area contributed by atoms with E-state index in [-0.39, 0.29) is 28.8 Å². The summed E-state index contributed by atoms with van der Waals surface area (Å²) in [6.45, 7) is 7.64. The highest BCUT2D eigenvalue weighted by Crippen LogP contribution is 2.35. The summed E-state index contributed by atoms with van der Waals surface area (Å²) in [6.07, 6.45) is 8.94. The van der Waals surface area contributed by atoms with Crippen molar-refractivity contribution >= 4 is 23.0 Å². The van der Waals surface area contributed by atoms with Gasteiger partial charge >= 0.3 is 0 Å². The summed E-state index contributed by atoms with van der Waals surface area (Å²) in [5.41, 5.74) is 0.729. The first kappa shape index (κ1) is 28.2. The molecular weight excluding hydrogens is 528 g/mol. The second-order valence-corrected chi connectivity index (χ2v) is 8.08. The van der Waals surface area contributed by atoms with Gasteiger partial charge in [0.2, 0.25) is 0 Å². The van der Waals surface area contributed by atoms with Crippen LogP contribution in [0.15, 0.2) is 72.2 Å². The number of nitrogens with zero attached hydrogens (tertiary/aromatic N) is 7. The van der Waals surface area contributed by atoms with E-state index in [4.69, 9.17) is 24.2 Å². The number of pyridine rings is 1. The van der Waals surface area contributed by atoms with E-state index in [0.717, 1.165) is 0 Å². The normalized spacial score (nSPS) is 11.2. The van der Waals surface area contributed by atoms with E-state index in [0.29, 0.717) is 40.5 Å². The minimum Gasteiger partial charge on any atom is -0.493 e. The maximum Gasteiger partial charge on any atom is 0.281 e. The van der Waals surface area contributed by atoms with Gasteiger partial charge in [-0.2, -0.15) is 10.4 Å². The first-order chi connectivity index (χ1) is 19.9. The third-order valence-electron chi connectivity index (χ3n) is 5.49. The van der Waals surface area contributed by atoms with Gasteiger partial charge in [-0.25, -0.2) is 14.7 Å². The number of fused-ring (bicyclic) bond motifs is 1. The van der Waals surface area contributed by atoms with Crippen LogP contribution in [0.4, 0.5) is 0 Å². The van der Waals surface area contributed by atoms with E-state index in [1.54, 1.807) is 58.5 Å². The van der Waals surface area contributed by atoms with Gasteiger partial charge in [-0.05, 0) is 32.1 Å². The fourth-order valence-corrected chi connectivity index (χ4v) is 3.60. The van der Waals surface area contributed by atoms with Crippen LogP contribution in [-0.2, 0) is 0 Å². The summed E-state index contributed by atoms with van der Waals surface area (Å²) >= 11 is 0. The number of amides is 1. The maximum absolute atomic E-state index is 13.0. The molecule has 0 saturated heterocycles. The van der Waals surface area contributed by atoms with E-state index in [9.17, 15) is 4.79 Å². The SMILES string of the molecule is C=C(N=C/C(=C\C)Oc1ccnc2cc(OC)c(OC)cc12)NC(=O)c1nn(-c2cncc(C#N)n2)cc1OCC. The standard InChI is InChI=1S/C28H26N8O5/c1-6-19(41-22-8-9-31-21-11-24(39-5)23(38-4)10-20(21)22)14-32-17(3)33-28(37)27-25(40-7-2)16-36(35-27)26-15-30-13-18(12-29)34-26/h6,8-11,13-16H,3,7H2,1-2,4-5H3,(H,33,37)/b19-6+,32-14?. The molecule has 0 atom stereocenters. The Bertz CT molecular complexity index is 1700. The van der Waals surface area contributed by atoms with E-state index in [2.05, 4.69) is 36.9 Å². The number of nitrogens with one attached hydrogen (secondary N) is 1. The molecule has 0 saturated carbocycles. The third kappa shape index (κ3) is 6.45. The Balaban J connectivity index is 1.50. The predicted molar refractivity (Wildman–Crippen MR) is 149 cm³/mol. The Hall–Kier alpha value is -5.77. The average molecular weight is 555 g/mol. The molecule has 0 aliphatic rings. The molecule has 0 unspecified atom stereocenters. The summed E-state index contributed by atoms with van der Waals surface area (Å²) in [5, 5.41) is 16.6. The van der Waals surface area contributed by atoms with Gasteiger partial charge in [0.05, 0.1) is 51.1 Å². The lowest BCUT2D eigenvalue weighted by atomic mass is 10.2. The van der Waals surface area contributed by atoms with Gasteiger partial charge in [0.15, 0.2) is 34.5 Å². The fourth-order valence-electron chi connectivity index (χ4n) is 3.60. The minimum atomic E-state index is -0.608. The highest BCUT2D eigenvalue weighted by Gasteiger charge is 2.20. The van der Waals surface area contributed by atoms with E-state index in [1.807, 2.05) is 6.07 Å². The van der Waals surface area contributed by atoms with Crippen LogP contribution in [0.1, 0.15) is 30.0 Å². The molecule has 1 aromatic carbocycles. The summed E-state index contributed by atoms with van der Waals surface area (Å²) in [7, 11) is 3.10. The lowest BCUT2D eigenvalue weighted by molar-refractivity contribution is 0.0956. The van der Waals surface area contributed by atoms with Gasteiger partial charge in [-0.1, -0.05) is 6.58 Å². The van der Waals surface area contributed by atoms with Crippen molar-refractivity contribution in [2.75, 3.05) is 20.8 Å². The molecule has 1 N–H and O–H groups in total. The number of hydrogen-bond donors (Lipinski definition) is 1. The third-order valence-corrected chi connectivity index (χ3v) is 5.49. The quantitative estimate of drug-likeness (QED) is 0.214. The number of ether oxygens (including phenoxy) is 4. The number of aliphatic imine (C=N–C) groups is 1. The van der Waals surface area contributed by atoms with Crippen molar-refractivity contribution in [1.29, 1.82) is 5.26 Å². The molecule has 41 heavy (non-hydrogen) atoms. The van der Waals surface area contributed by atoms with Crippen LogP contribution in [-0.4, -0.2) is 57.7 Å². The molecule has 3 aromatic heterocycles. The van der Waals surface area contributed by atoms with Gasteiger partial charge in [0.25, 0.3) is 5.91 Å².